The summed E-state index contributed by atoms with van der Waals surface area (Å²) in [6, 6.07) is 8.01. The molecule has 3 rings (SSSR count). The molecule has 0 amide bonds. The lowest BCUT2D eigenvalue weighted by molar-refractivity contribution is 0.303. The van der Waals surface area contributed by atoms with E-state index in [9.17, 15) is 0 Å². The van der Waals surface area contributed by atoms with Crippen LogP contribution in [0.15, 0.2) is 24.3 Å². The Kier molecular flexibility index (Phi) is 3.88. The van der Waals surface area contributed by atoms with E-state index in [1.165, 1.54) is 16.9 Å². The lowest BCUT2D eigenvalue weighted by atomic mass is 10.1. The number of aryl methyl sites for hydroxylation is 1. The molecule has 0 bridgehead atoms. The fourth-order valence-electron chi connectivity index (χ4n) is 2.10. The fourth-order valence-corrected chi connectivity index (χ4v) is 2.86. The van der Waals surface area contributed by atoms with E-state index in [-0.39, 0.29) is 0 Å². The Morgan fingerprint density at radius 3 is 2.90 bits per heavy atom. The molecule has 0 N–H and O–H groups in total. The number of ether oxygens (including phenoxy) is 1. The van der Waals surface area contributed by atoms with Crippen LogP contribution < -0.4 is 4.74 Å². The summed E-state index contributed by atoms with van der Waals surface area (Å²) in [5.41, 5.74) is 1.19. The maximum absolute atomic E-state index is 5.78. The molecule has 0 aliphatic rings. The van der Waals surface area contributed by atoms with Crippen molar-refractivity contribution in [1.82, 2.24) is 19.8 Å². The average Bonchev–Trinajstić information content (AvgIpc) is 2.98. The Balaban J connectivity index is 1.74. The Labute approximate surface area is 127 Å². The third kappa shape index (κ3) is 3.21. The van der Waals surface area contributed by atoms with Gasteiger partial charge in [0.1, 0.15) is 12.4 Å². The largest absolute Gasteiger partial charge is 0.486 e. The molecule has 0 saturated heterocycles. The zero-order chi connectivity index (χ0) is 14.8. The SMILES string of the molecule is Cc1cccc(OCc2nn3c(CC(C)C)nnc3s2)c1. The number of benzene rings is 1. The van der Waals surface area contributed by atoms with Crippen LogP contribution in [-0.4, -0.2) is 19.8 Å². The Morgan fingerprint density at radius 1 is 1.29 bits per heavy atom. The van der Waals surface area contributed by atoms with Gasteiger partial charge in [-0.25, -0.2) is 0 Å². The maximum atomic E-state index is 5.78. The van der Waals surface area contributed by atoms with Crippen LogP contribution in [0.25, 0.3) is 4.96 Å². The Morgan fingerprint density at radius 2 is 2.14 bits per heavy atom. The smallest absolute Gasteiger partial charge is 0.234 e. The highest BCUT2D eigenvalue weighted by molar-refractivity contribution is 7.16. The van der Waals surface area contributed by atoms with Crippen LogP contribution in [0.1, 0.15) is 30.2 Å². The molecule has 21 heavy (non-hydrogen) atoms. The third-order valence-corrected chi connectivity index (χ3v) is 3.91. The second-order valence-corrected chi connectivity index (χ2v) is 6.55. The molecule has 2 heterocycles. The van der Waals surface area contributed by atoms with Crippen molar-refractivity contribution in [3.8, 4) is 5.75 Å². The van der Waals surface area contributed by atoms with E-state index in [1.807, 2.05) is 35.7 Å². The van der Waals surface area contributed by atoms with Crippen LogP contribution in [0.2, 0.25) is 0 Å². The summed E-state index contributed by atoms with van der Waals surface area (Å²) in [4.78, 5) is 0.827. The quantitative estimate of drug-likeness (QED) is 0.726. The van der Waals surface area contributed by atoms with Crippen molar-refractivity contribution in [2.75, 3.05) is 0 Å². The van der Waals surface area contributed by atoms with Crippen molar-refractivity contribution < 1.29 is 4.74 Å². The topological polar surface area (TPSA) is 52.3 Å². The molecule has 5 nitrogen and oxygen atoms in total. The standard InChI is InChI=1S/C15H18N4OS/c1-10(2)7-13-16-17-15-19(13)18-14(21-15)9-20-12-6-4-5-11(3)8-12/h4-6,8,10H,7,9H2,1-3H3. The summed E-state index contributed by atoms with van der Waals surface area (Å²) < 4.78 is 7.61. The zero-order valence-electron chi connectivity index (χ0n) is 12.4. The summed E-state index contributed by atoms with van der Waals surface area (Å²) in [5, 5.41) is 13.8. The average molecular weight is 302 g/mol. The minimum Gasteiger partial charge on any atom is -0.486 e. The van der Waals surface area contributed by atoms with Gasteiger partial charge in [0.25, 0.3) is 0 Å². The Hall–Kier alpha value is -1.95. The highest BCUT2D eigenvalue weighted by Gasteiger charge is 2.13. The van der Waals surface area contributed by atoms with Crippen LogP contribution in [0, 0.1) is 12.8 Å². The predicted octanol–water partition coefficient (Wildman–Crippen LogP) is 3.27. The first kappa shape index (κ1) is 14.0. The van der Waals surface area contributed by atoms with E-state index in [1.54, 1.807) is 0 Å². The molecule has 0 aliphatic heterocycles. The molecule has 1 aromatic carbocycles. The zero-order valence-corrected chi connectivity index (χ0v) is 13.2. The molecule has 0 atom stereocenters. The lowest BCUT2D eigenvalue weighted by Gasteiger charge is -2.04. The molecular formula is C15H18N4OS. The normalized spacial score (nSPS) is 11.4. The van der Waals surface area contributed by atoms with Crippen LogP contribution in [0.5, 0.6) is 5.75 Å². The lowest BCUT2D eigenvalue weighted by Crippen LogP contribution is -2.02. The van der Waals surface area contributed by atoms with E-state index in [2.05, 4.69) is 29.1 Å². The molecule has 0 fully saturated rings. The van der Waals surface area contributed by atoms with Gasteiger partial charge < -0.3 is 4.74 Å². The number of hydrogen-bond donors (Lipinski definition) is 0. The van der Waals surface area contributed by atoms with Crippen molar-refractivity contribution in [2.45, 2.75) is 33.8 Å². The third-order valence-electron chi connectivity index (χ3n) is 3.04. The van der Waals surface area contributed by atoms with Crippen molar-refractivity contribution in [1.29, 1.82) is 0 Å². The molecule has 0 spiro atoms. The molecule has 0 saturated carbocycles. The first-order chi connectivity index (χ1) is 10.1. The molecule has 110 valence electrons. The van der Waals surface area contributed by atoms with Gasteiger partial charge in [-0.05, 0) is 30.5 Å². The molecule has 0 unspecified atom stereocenters. The van der Waals surface area contributed by atoms with E-state index in [0.717, 1.165) is 28.0 Å². The van der Waals surface area contributed by atoms with Gasteiger partial charge in [0, 0.05) is 6.42 Å². The number of rotatable bonds is 5. The van der Waals surface area contributed by atoms with Crippen molar-refractivity contribution in [2.24, 2.45) is 5.92 Å². The number of fused-ring (bicyclic) bond motifs is 1. The second kappa shape index (κ2) is 5.81. The van der Waals surface area contributed by atoms with Gasteiger partial charge in [-0.2, -0.15) is 9.61 Å². The molecule has 2 aromatic heterocycles. The van der Waals surface area contributed by atoms with E-state index >= 15 is 0 Å². The Bertz CT molecular complexity index is 747. The molecular weight excluding hydrogens is 284 g/mol. The van der Waals surface area contributed by atoms with Crippen LogP contribution >= 0.6 is 11.3 Å². The summed E-state index contributed by atoms with van der Waals surface area (Å²) in [6.07, 6.45) is 0.878. The van der Waals surface area contributed by atoms with Gasteiger partial charge in [0.2, 0.25) is 4.96 Å². The van der Waals surface area contributed by atoms with Gasteiger partial charge in [-0.3, -0.25) is 0 Å². The summed E-state index contributed by atoms with van der Waals surface area (Å²) in [7, 11) is 0. The number of aromatic nitrogens is 4. The highest BCUT2D eigenvalue weighted by Crippen LogP contribution is 2.19. The minimum atomic E-state index is 0.457. The highest BCUT2D eigenvalue weighted by atomic mass is 32.1. The van der Waals surface area contributed by atoms with Gasteiger partial charge >= 0.3 is 0 Å². The first-order valence-electron chi connectivity index (χ1n) is 7.01. The van der Waals surface area contributed by atoms with Gasteiger partial charge in [-0.15, -0.1) is 10.2 Å². The van der Waals surface area contributed by atoms with E-state index in [4.69, 9.17) is 4.74 Å². The first-order valence-corrected chi connectivity index (χ1v) is 7.83. The summed E-state index contributed by atoms with van der Waals surface area (Å²) in [5.74, 6) is 2.31. The molecule has 0 aliphatic carbocycles. The van der Waals surface area contributed by atoms with E-state index in [0.29, 0.717) is 12.5 Å². The van der Waals surface area contributed by atoms with Crippen molar-refractivity contribution >= 4 is 16.3 Å². The maximum Gasteiger partial charge on any atom is 0.234 e. The monoisotopic (exact) mass is 302 g/mol. The van der Waals surface area contributed by atoms with Crippen LogP contribution in [-0.2, 0) is 13.0 Å². The number of hydrogen-bond acceptors (Lipinski definition) is 5. The van der Waals surface area contributed by atoms with Crippen molar-refractivity contribution in [3.63, 3.8) is 0 Å². The number of nitrogens with zero attached hydrogens (tertiary/aromatic N) is 4. The van der Waals surface area contributed by atoms with Crippen molar-refractivity contribution in [3.05, 3.63) is 40.7 Å². The summed E-state index contributed by atoms with van der Waals surface area (Å²) in [6.45, 7) is 6.83. The molecule has 3 aromatic rings. The van der Waals surface area contributed by atoms with E-state index < -0.39 is 0 Å². The minimum absolute atomic E-state index is 0.457. The van der Waals surface area contributed by atoms with Crippen LogP contribution in [0.3, 0.4) is 0 Å². The van der Waals surface area contributed by atoms with Gasteiger partial charge in [0.15, 0.2) is 10.8 Å². The van der Waals surface area contributed by atoms with Crippen LogP contribution in [0.4, 0.5) is 0 Å². The molecule has 6 heteroatoms. The van der Waals surface area contributed by atoms with Gasteiger partial charge in [0.05, 0.1) is 0 Å². The predicted molar refractivity (Wildman–Crippen MR) is 82.7 cm³/mol. The summed E-state index contributed by atoms with van der Waals surface area (Å²) >= 11 is 1.52. The second-order valence-electron chi connectivity index (χ2n) is 5.51. The molecule has 0 radical (unpaired) electrons. The fraction of sp³-hybridized carbons (Fsp3) is 0.400. The van der Waals surface area contributed by atoms with Gasteiger partial charge in [-0.1, -0.05) is 37.3 Å².